The number of nitrogens with one attached hydrogen (secondary N) is 1. The highest BCUT2D eigenvalue weighted by atomic mass is 16.2. The summed E-state index contributed by atoms with van der Waals surface area (Å²) >= 11 is 0. The Kier molecular flexibility index (Phi) is 4.48. The second kappa shape index (κ2) is 5.50. The van der Waals surface area contributed by atoms with Crippen molar-refractivity contribution in [3.63, 3.8) is 0 Å². The molecule has 0 spiro atoms. The van der Waals surface area contributed by atoms with Crippen LogP contribution in [-0.2, 0) is 9.59 Å². The van der Waals surface area contributed by atoms with Crippen LogP contribution in [0.3, 0.4) is 0 Å². The van der Waals surface area contributed by atoms with Crippen molar-refractivity contribution in [3.05, 3.63) is 0 Å². The maximum Gasteiger partial charge on any atom is 0.330 e. The fourth-order valence-corrected chi connectivity index (χ4v) is 1.89. The van der Waals surface area contributed by atoms with Crippen LogP contribution in [0.15, 0.2) is 0 Å². The minimum Gasteiger partial charge on any atom is -0.277 e. The number of hydrogen-bond acceptors (Lipinski definition) is 3. The second-order valence-electron chi connectivity index (χ2n) is 5.58. The van der Waals surface area contributed by atoms with Gasteiger partial charge in [0.05, 0.1) is 0 Å². The number of amides is 4. The molecule has 1 N–H and O–H groups in total. The van der Waals surface area contributed by atoms with E-state index in [0.717, 1.165) is 12.8 Å². The predicted molar refractivity (Wildman–Crippen MR) is 67.7 cm³/mol. The van der Waals surface area contributed by atoms with E-state index in [1.54, 1.807) is 0 Å². The van der Waals surface area contributed by atoms with Crippen molar-refractivity contribution < 1.29 is 14.4 Å². The van der Waals surface area contributed by atoms with Gasteiger partial charge in [0.15, 0.2) is 0 Å². The molecule has 0 aromatic rings. The van der Waals surface area contributed by atoms with Crippen molar-refractivity contribution >= 4 is 17.8 Å². The molecule has 1 atom stereocenters. The Morgan fingerprint density at radius 3 is 2.33 bits per heavy atom. The van der Waals surface area contributed by atoms with Gasteiger partial charge in [0.25, 0.3) is 0 Å². The minimum absolute atomic E-state index is 0.135. The Balaban J connectivity index is 2.87. The van der Waals surface area contributed by atoms with Crippen molar-refractivity contribution in [2.24, 2.45) is 11.3 Å². The summed E-state index contributed by atoms with van der Waals surface area (Å²) in [5.41, 5.74) is -0.135. The Labute approximate surface area is 108 Å². The van der Waals surface area contributed by atoms with Gasteiger partial charge in [-0.3, -0.25) is 19.8 Å². The van der Waals surface area contributed by atoms with Crippen LogP contribution in [-0.4, -0.2) is 29.3 Å². The van der Waals surface area contributed by atoms with Gasteiger partial charge in [0.2, 0.25) is 11.8 Å². The number of carbonyl (C=O) groups excluding carboxylic acids is 3. The van der Waals surface area contributed by atoms with Crippen molar-refractivity contribution in [2.45, 2.75) is 47.0 Å². The number of hydrogen-bond donors (Lipinski definition) is 1. The molecule has 5 heteroatoms. The van der Waals surface area contributed by atoms with Gasteiger partial charge in [-0.25, -0.2) is 4.79 Å². The molecule has 0 saturated carbocycles. The molecular formula is C13H22N2O3. The molecule has 1 heterocycles. The molecule has 1 aliphatic rings. The lowest BCUT2D eigenvalue weighted by Crippen LogP contribution is -2.59. The standard InChI is InChI=1S/C13H22N2O3/c1-5-7-9-10(16)14-12(18)15(11(9)17)8-13(3,4)6-2/h9H,5-8H2,1-4H3,(H,14,16,18). The number of barbiturate groups is 1. The predicted octanol–water partition coefficient (Wildman–Crippen LogP) is 1.92. The zero-order valence-electron chi connectivity index (χ0n) is 11.6. The molecule has 0 aromatic heterocycles. The molecule has 4 amide bonds. The van der Waals surface area contributed by atoms with E-state index in [-0.39, 0.29) is 11.3 Å². The molecule has 1 unspecified atom stereocenters. The Hall–Kier alpha value is -1.39. The SMILES string of the molecule is CCCC1C(=O)NC(=O)N(CC(C)(C)CC)C1=O. The van der Waals surface area contributed by atoms with Gasteiger partial charge in [-0.1, -0.05) is 34.1 Å². The lowest BCUT2D eigenvalue weighted by molar-refractivity contribution is -0.143. The summed E-state index contributed by atoms with van der Waals surface area (Å²) in [5.74, 6) is -1.52. The molecule has 1 aliphatic heterocycles. The van der Waals surface area contributed by atoms with E-state index in [1.165, 1.54) is 4.90 Å². The van der Waals surface area contributed by atoms with E-state index in [1.807, 2.05) is 27.7 Å². The van der Waals surface area contributed by atoms with Gasteiger partial charge in [-0.2, -0.15) is 0 Å². The summed E-state index contributed by atoms with van der Waals surface area (Å²) < 4.78 is 0. The molecule has 1 saturated heterocycles. The first-order chi connectivity index (χ1) is 8.32. The average molecular weight is 254 g/mol. The molecule has 18 heavy (non-hydrogen) atoms. The summed E-state index contributed by atoms with van der Waals surface area (Å²) in [7, 11) is 0. The van der Waals surface area contributed by atoms with Gasteiger partial charge < -0.3 is 0 Å². The van der Waals surface area contributed by atoms with E-state index >= 15 is 0 Å². The minimum atomic E-state index is -0.708. The lowest BCUT2D eigenvalue weighted by Gasteiger charge is -2.35. The molecule has 1 fully saturated rings. The summed E-state index contributed by atoms with van der Waals surface area (Å²) in [5, 5.41) is 2.27. The number of nitrogens with zero attached hydrogens (tertiary/aromatic N) is 1. The molecule has 0 radical (unpaired) electrons. The van der Waals surface area contributed by atoms with Crippen molar-refractivity contribution in [1.29, 1.82) is 0 Å². The van der Waals surface area contributed by atoms with Crippen LogP contribution >= 0.6 is 0 Å². The van der Waals surface area contributed by atoms with Gasteiger partial charge in [0, 0.05) is 6.54 Å². The number of carbonyl (C=O) groups is 3. The first-order valence-corrected chi connectivity index (χ1v) is 6.48. The zero-order valence-corrected chi connectivity index (χ0v) is 11.6. The monoisotopic (exact) mass is 254 g/mol. The smallest absolute Gasteiger partial charge is 0.277 e. The average Bonchev–Trinajstić information content (AvgIpc) is 2.30. The number of imide groups is 2. The Bertz CT molecular complexity index is 363. The van der Waals surface area contributed by atoms with Crippen LogP contribution in [0.4, 0.5) is 4.79 Å². The first-order valence-electron chi connectivity index (χ1n) is 6.48. The van der Waals surface area contributed by atoms with Crippen LogP contribution < -0.4 is 5.32 Å². The third-order valence-electron chi connectivity index (χ3n) is 3.48. The quantitative estimate of drug-likeness (QED) is 0.762. The van der Waals surface area contributed by atoms with Crippen LogP contribution in [0.1, 0.15) is 47.0 Å². The normalized spacial score (nSPS) is 21.2. The van der Waals surface area contributed by atoms with E-state index in [4.69, 9.17) is 0 Å². The van der Waals surface area contributed by atoms with E-state index in [0.29, 0.717) is 13.0 Å². The second-order valence-corrected chi connectivity index (χ2v) is 5.58. The van der Waals surface area contributed by atoms with Gasteiger partial charge in [0.1, 0.15) is 5.92 Å². The largest absolute Gasteiger partial charge is 0.330 e. The van der Waals surface area contributed by atoms with Crippen LogP contribution in [0.2, 0.25) is 0 Å². The van der Waals surface area contributed by atoms with Crippen LogP contribution in [0.25, 0.3) is 0 Å². The van der Waals surface area contributed by atoms with Gasteiger partial charge in [-0.15, -0.1) is 0 Å². The van der Waals surface area contributed by atoms with E-state index in [9.17, 15) is 14.4 Å². The van der Waals surface area contributed by atoms with E-state index in [2.05, 4.69) is 5.32 Å². The Morgan fingerprint density at radius 1 is 1.22 bits per heavy atom. The van der Waals surface area contributed by atoms with Crippen molar-refractivity contribution in [1.82, 2.24) is 10.2 Å². The highest BCUT2D eigenvalue weighted by molar-refractivity contribution is 6.16. The third kappa shape index (κ3) is 3.09. The summed E-state index contributed by atoms with van der Waals surface area (Å²) in [6.07, 6.45) is 2.08. The molecule has 0 aliphatic carbocycles. The fraction of sp³-hybridized carbons (Fsp3) is 0.769. The molecule has 0 aromatic carbocycles. The number of rotatable bonds is 5. The van der Waals surface area contributed by atoms with Gasteiger partial charge in [-0.05, 0) is 18.3 Å². The van der Waals surface area contributed by atoms with E-state index < -0.39 is 17.9 Å². The maximum atomic E-state index is 12.2. The highest BCUT2D eigenvalue weighted by Gasteiger charge is 2.41. The van der Waals surface area contributed by atoms with Crippen LogP contribution in [0.5, 0.6) is 0 Å². The Morgan fingerprint density at radius 2 is 1.83 bits per heavy atom. The summed E-state index contributed by atoms with van der Waals surface area (Å²) in [6.45, 7) is 8.28. The number of urea groups is 1. The molecule has 5 nitrogen and oxygen atoms in total. The van der Waals surface area contributed by atoms with Gasteiger partial charge >= 0.3 is 6.03 Å². The maximum absolute atomic E-state index is 12.2. The summed E-state index contributed by atoms with van der Waals surface area (Å²) in [6, 6.07) is -0.584. The third-order valence-corrected chi connectivity index (χ3v) is 3.48. The van der Waals surface area contributed by atoms with Crippen molar-refractivity contribution in [2.75, 3.05) is 6.54 Å². The highest BCUT2D eigenvalue weighted by Crippen LogP contribution is 2.24. The molecule has 102 valence electrons. The fourth-order valence-electron chi connectivity index (χ4n) is 1.89. The zero-order chi connectivity index (χ0) is 13.9. The topological polar surface area (TPSA) is 66.5 Å². The first kappa shape index (κ1) is 14.7. The lowest BCUT2D eigenvalue weighted by atomic mass is 9.88. The molecule has 0 bridgehead atoms. The summed E-state index contributed by atoms with van der Waals surface area (Å²) in [4.78, 5) is 36.7. The van der Waals surface area contributed by atoms with Crippen molar-refractivity contribution in [3.8, 4) is 0 Å². The molecule has 1 rings (SSSR count). The van der Waals surface area contributed by atoms with Crippen LogP contribution in [0, 0.1) is 11.3 Å². The molecular weight excluding hydrogens is 232 g/mol.